The van der Waals surface area contributed by atoms with Crippen molar-refractivity contribution in [3.8, 4) is 11.1 Å². The summed E-state index contributed by atoms with van der Waals surface area (Å²) in [6, 6.07) is 12.0. The van der Waals surface area contributed by atoms with E-state index in [9.17, 15) is 4.79 Å². The molecule has 104 valence electrons. The highest BCUT2D eigenvalue weighted by atomic mass is 16.7. The highest BCUT2D eigenvalue weighted by Crippen LogP contribution is 2.24. The van der Waals surface area contributed by atoms with E-state index in [1.165, 1.54) is 11.2 Å². The van der Waals surface area contributed by atoms with E-state index in [-0.39, 0.29) is 11.9 Å². The first kappa shape index (κ1) is 13.0. The van der Waals surface area contributed by atoms with Crippen molar-refractivity contribution < 1.29 is 9.63 Å². The molecule has 0 atom stereocenters. The minimum absolute atomic E-state index is 0.0753. The van der Waals surface area contributed by atoms with Crippen LogP contribution < -0.4 is 4.84 Å². The Bertz CT molecular complexity index is 568. The number of aromatic nitrogens is 1. The molecular formula is C17H19NO2. The summed E-state index contributed by atoms with van der Waals surface area (Å²) in [4.78, 5) is 17.5. The molecule has 1 aliphatic rings. The van der Waals surface area contributed by atoms with Crippen molar-refractivity contribution in [3.05, 3.63) is 48.8 Å². The first-order valence-corrected chi connectivity index (χ1v) is 7.28. The van der Waals surface area contributed by atoms with Gasteiger partial charge in [-0.15, -0.1) is 0 Å². The minimum Gasteiger partial charge on any atom is -0.337 e. The normalized spacial score (nSPS) is 16.0. The number of carbonyl (C=O) groups excluding carboxylic acids is 1. The van der Waals surface area contributed by atoms with Gasteiger partial charge in [-0.1, -0.05) is 49.6 Å². The Morgan fingerprint density at radius 1 is 1.00 bits per heavy atom. The van der Waals surface area contributed by atoms with Gasteiger partial charge in [0.1, 0.15) is 0 Å². The summed E-state index contributed by atoms with van der Waals surface area (Å²) in [6.45, 7) is 0. The smallest absolute Gasteiger partial charge is 0.335 e. The van der Waals surface area contributed by atoms with Gasteiger partial charge < -0.3 is 4.84 Å². The fraction of sp³-hybridized carbons (Fsp3) is 0.353. The van der Waals surface area contributed by atoms with E-state index in [1.807, 2.05) is 42.6 Å². The molecule has 1 saturated carbocycles. The highest BCUT2D eigenvalue weighted by molar-refractivity contribution is 5.73. The Morgan fingerprint density at radius 3 is 2.50 bits per heavy atom. The molecule has 3 heteroatoms. The number of hydrogen-bond acceptors (Lipinski definition) is 2. The second-order valence-corrected chi connectivity index (χ2v) is 5.37. The molecule has 0 spiro atoms. The fourth-order valence-corrected chi connectivity index (χ4v) is 2.75. The molecule has 0 radical (unpaired) electrons. The number of hydrogen-bond donors (Lipinski definition) is 0. The topological polar surface area (TPSA) is 31.2 Å². The van der Waals surface area contributed by atoms with E-state index in [2.05, 4.69) is 0 Å². The molecule has 0 saturated heterocycles. The van der Waals surface area contributed by atoms with Crippen molar-refractivity contribution in [1.29, 1.82) is 0 Å². The summed E-state index contributed by atoms with van der Waals surface area (Å²) in [5, 5.41) is 0. The number of nitrogens with zero attached hydrogens (tertiary/aromatic N) is 1. The highest BCUT2D eigenvalue weighted by Gasteiger charge is 2.23. The quantitative estimate of drug-likeness (QED) is 0.851. The van der Waals surface area contributed by atoms with Crippen LogP contribution in [0.25, 0.3) is 11.1 Å². The predicted molar refractivity (Wildman–Crippen MR) is 78.0 cm³/mol. The Labute approximate surface area is 119 Å². The zero-order valence-corrected chi connectivity index (χ0v) is 11.5. The molecule has 20 heavy (non-hydrogen) atoms. The minimum atomic E-state index is -0.0973. The molecule has 0 unspecified atom stereocenters. The van der Waals surface area contributed by atoms with Crippen molar-refractivity contribution in [2.75, 3.05) is 0 Å². The van der Waals surface area contributed by atoms with E-state index in [0.29, 0.717) is 0 Å². The van der Waals surface area contributed by atoms with E-state index in [4.69, 9.17) is 4.84 Å². The van der Waals surface area contributed by atoms with Gasteiger partial charge in [0, 0.05) is 11.8 Å². The first-order chi connectivity index (χ1) is 9.83. The number of rotatable bonds is 3. The monoisotopic (exact) mass is 269 g/mol. The van der Waals surface area contributed by atoms with Crippen molar-refractivity contribution in [1.82, 2.24) is 4.73 Å². The molecule has 1 aromatic carbocycles. The molecular weight excluding hydrogens is 250 g/mol. The van der Waals surface area contributed by atoms with Gasteiger partial charge in [0.25, 0.3) is 0 Å². The lowest BCUT2D eigenvalue weighted by Crippen LogP contribution is -2.27. The van der Waals surface area contributed by atoms with Crippen LogP contribution in [0.5, 0.6) is 0 Å². The maximum Gasteiger partial charge on any atom is 0.335 e. The zero-order valence-electron chi connectivity index (χ0n) is 11.5. The van der Waals surface area contributed by atoms with Crippen LogP contribution in [0.1, 0.15) is 32.1 Å². The van der Waals surface area contributed by atoms with Crippen LogP contribution in [0.2, 0.25) is 0 Å². The maximum atomic E-state index is 12.1. The van der Waals surface area contributed by atoms with Crippen LogP contribution in [-0.4, -0.2) is 10.7 Å². The third kappa shape index (κ3) is 2.93. The van der Waals surface area contributed by atoms with Gasteiger partial charge >= 0.3 is 5.97 Å². The standard InChI is InChI=1S/C17H19NO2/c19-17(15-9-5-2-6-10-15)20-18-12-11-16(13-18)14-7-3-1-4-8-14/h1,3-4,7-8,11-13,15H,2,5-6,9-10H2. The largest absolute Gasteiger partial charge is 0.337 e. The van der Waals surface area contributed by atoms with E-state index in [1.54, 1.807) is 6.20 Å². The Morgan fingerprint density at radius 2 is 1.75 bits per heavy atom. The molecule has 0 aliphatic heterocycles. The Hall–Kier alpha value is -2.03. The number of carbonyl (C=O) groups is 1. The molecule has 0 amide bonds. The summed E-state index contributed by atoms with van der Waals surface area (Å²) < 4.78 is 1.53. The van der Waals surface area contributed by atoms with E-state index < -0.39 is 0 Å². The average molecular weight is 269 g/mol. The predicted octanol–water partition coefficient (Wildman–Crippen LogP) is 3.69. The maximum absolute atomic E-state index is 12.1. The van der Waals surface area contributed by atoms with Crippen LogP contribution in [0.15, 0.2) is 48.8 Å². The van der Waals surface area contributed by atoms with Gasteiger partial charge in [-0.05, 0) is 24.5 Å². The number of benzene rings is 1. The lowest BCUT2D eigenvalue weighted by molar-refractivity contribution is -0.150. The lowest BCUT2D eigenvalue weighted by Gasteiger charge is -2.19. The average Bonchev–Trinajstić information content (AvgIpc) is 2.97. The van der Waals surface area contributed by atoms with Gasteiger partial charge in [-0.3, -0.25) is 0 Å². The second kappa shape index (κ2) is 5.95. The van der Waals surface area contributed by atoms with Crippen molar-refractivity contribution in [3.63, 3.8) is 0 Å². The SMILES string of the molecule is O=C(On1ccc(-c2ccccc2)c1)C1CCCCC1. The Balaban J connectivity index is 1.66. The van der Waals surface area contributed by atoms with Gasteiger partial charge in [0.15, 0.2) is 0 Å². The van der Waals surface area contributed by atoms with Gasteiger partial charge in [-0.25, -0.2) is 4.79 Å². The molecule has 2 aromatic rings. The van der Waals surface area contributed by atoms with Crippen LogP contribution in [-0.2, 0) is 4.79 Å². The van der Waals surface area contributed by atoms with Crippen LogP contribution in [0.3, 0.4) is 0 Å². The molecule has 0 bridgehead atoms. The van der Waals surface area contributed by atoms with E-state index >= 15 is 0 Å². The van der Waals surface area contributed by atoms with Crippen LogP contribution in [0, 0.1) is 5.92 Å². The van der Waals surface area contributed by atoms with Gasteiger partial charge in [0.2, 0.25) is 0 Å². The summed E-state index contributed by atoms with van der Waals surface area (Å²) in [7, 11) is 0. The molecule has 3 rings (SSSR count). The van der Waals surface area contributed by atoms with Crippen molar-refractivity contribution in [2.45, 2.75) is 32.1 Å². The van der Waals surface area contributed by atoms with Crippen LogP contribution in [0.4, 0.5) is 0 Å². The van der Waals surface area contributed by atoms with Gasteiger partial charge in [0.05, 0.1) is 12.1 Å². The molecule has 1 aromatic heterocycles. The summed E-state index contributed by atoms with van der Waals surface area (Å²) >= 11 is 0. The third-order valence-electron chi connectivity index (χ3n) is 3.91. The van der Waals surface area contributed by atoms with Crippen LogP contribution >= 0.6 is 0 Å². The molecule has 1 fully saturated rings. The lowest BCUT2D eigenvalue weighted by atomic mass is 9.89. The zero-order chi connectivity index (χ0) is 13.8. The van der Waals surface area contributed by atoms with Crippen molar-refractivity contribution >= 4 is 5.97 Å². The summed E-state index contributed by atoms with van der Waals surface area (Å²) in [5.41, 5.74) is 2.18. The van der Waals surface area contributed by atoms with E-state index in [0.717, 1.165) is 36.8 Å². The summed E-state index contributed by atoms with van der Waals surface area (Å²) in [5.74, 6) is -0.0220. The first-order valence-electron chi connectivity index (χ1n) is 7.28. The third-order valence-corrected chi connectivity index (χ3v) is 3.91. The fourth-order valence-electron chi connectivity index (χ4n) is 2.75. The second-order valence-electron chi connectivity index (χ2n) is 5.37. The van der Waals surface area contributed by atoms with Crippen molar-refractivity contribution in [2.24, 2.45) is 5.92 Å². The van der Waals surface area contributed by atoms with Gasteiger partial charge in [-0.2, -0.15) is 4.73 Å². The molecule has 0 N–H and O–H groups in total. The molecule has 1 heterocycles. The Kier molecular flexibility index (Phi) is 3.86. The molecule has 3 nitrogen and oxygen atoms in total. The summed E-state index contributed by atoms with van der Waals surface area (Å²) in [6.07, 6.45) is 9.10. The molecule has 1 aliphatic carbocycles.